The third-order valence-corrected chi connectivity index (χ3v) is 6.75. The number of benzene rings is 2. The zero-order valence-corrected chi connectivity index (χ0v) is 21.9. The third-order valence-electron chi connectivity index (χ3n) is 6.75. The standard InChI is InChI=1S/C27H23F2N9O4/c28-26(29)38-34-23(33-35-38)22(16-4-2-1-3-5-16)36-10-12-37(13-11-36)25(39)20-14-17(8-9-31-20)24-32-19-15-18(41-27(30)40)6-7-21(19)42-24/h1-9,14-15,22,26H,10-13H2,(H2,30,40). The first-order chi connectivity index (χ1) is 20.4. The lowest BCUT2D eigenvalue weighted by Crippen LogP contribution is -2.50. The van der Waals surface area contributed by atoms with E-state index in [1.807, 2.05) is 35.2 Å². The number of nitrogens with two attached hydrogens (primary N) is 1. The number of tetrazole rings is 1. The second-order valence-corrected chi connectivity index (χ2v) is 9.39. The Hall–Kier alpha value is -5.31. The average molecular weight is 576 g/mol. The zero-order chi connectivity index (χ0) is 29.2. The van der Waals surface area contributed by atoms with Crippen LogP contribution in [0.3, 0.4) is 0 Å². The maximum atomic E-state index is 13.4. The van der Waals surface area contributed by atoms with Gasteiger partial charge in [-0.2, -0.15) is 8.78 Å². The summed E-state index contributed by atoms with van der Waals surface area (Å²) in [4.78, 5) is 37.1. The van der Waals surface area contributed by atoms with Crippen LogP contribution >= 0.6 is 0 Å². The number of piperazine rings is 1. The summed E-state index contributed by atoms with van der Waals surface area (Å²) in [6.45, 7) is -1.29. The summed E-state index contributed by atoms with van der Waals surface area (Å²) >= 11 is 0. The topological polar surface area (TPSA) is 158 Å². The lowest BCUT2D eigenvalue weighted by Gasteiger charge is -2.38. The number of halogens is 2. The summed E-state index contributed by atoms with van der Waals surface area (Å²) in [7, 11) is 0. The van der Waals surface area contributed by atoms with Crippen molar-refractivity contribution in [2.75, 3.05) is 26.2 Å². The van der Waals surface area contributed by atoms with Crippen LogP contribution in [0.5, 0.6) is 5.75 Å². The number of nitrogens with zero attached hydrogens (tertiary/aromatic N) is 8. The Bertz CT molecular complexity index is 1740. The Kier molecular flexibility index (Phi) is 7.23. The second kappa shape index (κ2) is 11.3. The molecule has 2 aromatic carbocycles. The summed E-state index contributed by atoms with van der Waals surface area (Å²) < 4.78 is 37.0. The van der Waals surface area contributed by atoms with Crippen LogP contribution in [0.2, 0.25) is 0 Å². The molecule has 1 saturated heterocycles. The van der Waals surface area contributed by atoms with Gasteiger partial charge in [-0.05, 0) is 35.0 Å². The molecule has 1 aliphatic rings. The number of aromatic nitrogens is 6. The number of amides is 2. The molecule has 15 heteroatoms. The number of carbonyl (C=O) groups excluding carboxylic acids is 2. The van der Waals surface area contributed by atoms with Gasteiger partial charge in [0.15, 0.2) is 11.4 Å². The number of rotatable bonds is 7. The number of ether oxygens (including phenoxy) is 1. The molecule has 1 fully saturated rings. The molecule has 5 aromatic rings. The van der Waals surface area contributed by atoms with Crippen molar-refractivity contribution in [2.45, 2.75) is 12.6 Å². The van der Waals surface area contributed by atoms with Crippen LogP contribution in [0.15, 0.2) is 71.3 Å². The normalized spacial score (nSPS) is 14.8. The monoisotopic (exact) mass is 575 g/mol. The van der Waals surface area contributed by atoms with E-state index in [1.54, 1.807) is 23.1 Å². The highest BCUT2D eigenvalue weighted by Crippen LogP contribution is 2.29. The van der Waals surface area contributed by atoms with Crippen LogP contribution in [-0.4, -0.2) is 78.2 Å². The van der Waals surface area contributed by atoms with Crippen LogP contribution in [0.25, 0.3) is 22.6 Å². The van der Waals surface area contributed by atoms with Crippen molar-refractivity contribution in [1.82, 2.24) is 40.0 Å². The van der Waals surface area contributed by atoms with Crippen LogP contribution in [0.4, 0.5) is 13.6 Å². The lowest BCUT2D eigenvalue weighted by atomic mass is 10.0. The van der Waals surface area contributed by atoms with E-state index in [0.29, 0.717) is 42.8 Å². The molecule has 0 aliphatic carbocycles. The van der Waals surface area contributed by atoms with Crippen LogP contribution in [0, 0.1) is 0 Å². The molecule has 1 aliphatic heterocycles. The van der Waals surface area contributed by atoms with Crippen LogP contribution < -0.4 is 10.5 Å². The molecular weight excluding hydrogens is 552 g/mol. The highest BCUT2D eigenvalue weighted by molar-refractivity contribution is 5.93. The molecular formula is C27H23F2N9O4. The van der Waals surface area contributed by atoms with E-state index in [0.717, 1.165) is 5.56 Å². The van der Waals surface area contributed by atoms with Crippen molar-refractivity contribution in [2.24, 2.45) is 5.73 Å². The number of pyridine rings is 1. The summed E-state index contributed by atoms with van der Waals surface area (Å²) in [5, 5.41) is 11.3. The average Bonchev–Trinajstić information content (AvgIpc) is 3.66. The molecule has 2 amide bonds. The second-order valence-electron chi connectivity index (χ2n) is 9.39. The highest BCUT2D eigenvalue weighted by atomic mass is 19.3. The quantitative estimate of drug-likeness (QED) is 0.305. The fraction of sp³-hybridized carbons (Fsp3) is 0.222. The molecule has 1 unspecified atom stereocenters. The van der Waals surface area contributed by atoms with Gasteiger partial charge in [-0.3, -0.25) is 14.7 Å². The Balaban J connectivity index is 1.18. The summed E-state index contributed by atoms with van der Waals surface area (Å²) in [6, 6.07) is 16.7. The van der Waals surface area contributed by atoms with E-state index in [9.17, 15) is 18.4 Å². The molecule has 2 N–H and O–H groups in total. The first kappa shape index (κ1) is 26.9. The Morgan fingerprint density at radius 1 is 1.00 bits per heavy atom. The number of carbonyl (C=O) groups is 2. The Morgan fingerprint density at radius 2 is 1.79 bits per heavy atom. The Labute approximate surface area is 236 Å². The van der Waals surface area contributed by atoms with Crippen LogP contribution in [0.1, 0.15) is 34.5 Å². The number of hydrogen-bond acceptors (Lipinski definition) is 10. The van der Waals surface area contributed by atoms with Gasteiger partial charge in [0, 0.05) is 44.0 Å². The minimum atomic E-state index is -2.90. The Morgan fingerprint density at radius 3 is 2.50 bits per heavy atom. The predicted octanol–water partition coefficient (Wildman–Crippen LogP) is 3.28. The van der Waals surface area contributed by atoms with Crippen molar-refractivity contribution < 1.29 is 27.5 Å². The maximum Gasteiger partial charge on any atom is 0.409 e. The number of primary amides is 1. The largest absolute Gasteiger partial charge is 0.436 e. The number of hydrogen-bond donors (Lipinski definition) is 1. The minimum Gasteiger partial charge on any atom is -0.436 e. The number of fused-ring (bicyclic) bond motifs is 1. The van der Waals surface area contributed by atoms with E-state index < -0.39 is 18.7 Å². The van der Waals surface area contributed by atoms with Gasteiger partial charge < -0.3 is 19.8 Å². The molecule has 0 radical (unpaired) electrons. The SMILES string of the molecule is NC(=O)Oc1ccc2oc(-c3ccnc(C(=O)N4CCN(C(c5ccccc5)c5nnn(C(F)F)n5)CC4)c3)nc2c1. The van der Waals surface area contributed by atoms with Gasteiger partial charge in [0.05, 0.1) is 6.04 Å². The first-order valence-electron chi connectivity index (χ1n) is 12.9. The molecule has 42 heavy (non-hydrogen) atoms. The van der Waals surface area contributed by atoms with E-state index in [4.69, 9.17) is 14.9 Å². The molecule has 6 rings (SSSR count). The minimum absolute atomic E-state index is 0.155. The molecule has 214 valence electrons. The van der Waals surface area contributed by atoms with Crippen molar-refractivity contribution in [3.8, 4) is 17.2 Å². The van der Waals surface area contributed by atoms with Crippen molar-refractivity contribution in [3.63, 3.8) is 0 Å². The molecule has 4 heterocycles. The van der Waals surface area contributed by atoms with Crippen molar-refractivity contribution >= 4 is 23.1 Å². The fourth-order valence-electron chi connectivity index (χ4n) is 4.82. The zero-order valence-electron chi connectivity index (χ0n) is 21.9. The highest BCUT2D eigenvalue weighted by Gasteiger charge is 2.32. The van der Waals surface area contributed by atoms with Gasteiger partial charge in [0.1, 0.15) is 17.0 Å². The first-order valence-corrected chi connectivity index (χ1v) is 12.9. The van der Waals surface area contributed by atoms with Gasteiger partial charge in [-0.1, -0.05) is 35.1 Å². The summed E-state index contributed by atoms with van der Waals surface area (Å²) in [5.41, 5.74) is 7.55. The molecule has 13 nitrogen and oxygen atoms in total. The van der Waals surface area contributed by atoms with Gasteiger partial charge in [0.25, 0.3) is 5.91 Å². The van der Waals surface area contributed by atoms with Gasteiger partial charge in [-0.25, -0.2) is 9.78 Å². The van der Waals surface area contributed by atoms with Crippen molar-refractivity contribution in [1.29, 1.82) is 0 Å². The van der Waals surface area contributed by atoms with Crippen molar-refractivity contribution in [3.05, 3.63) is 83.9 Å². The lowest BCUT2D eigenvalue weighted by molar-refractivity contribution is 0.0385. The summed E-state index contributed by atoms with van der Waals surface area (Å²) in [6.07, 6.45) is 0.557. The number of oxazole rings is 1. The maximum absolute atomic E-state index is 13.4. The van der Waals surface area contributed by atoms with Gasteiger partial charge >= 0.3 is 12.6 Å². The third kappa shape index (κ3) is 5.49. The molecule has 0 saturated carbocycles. The van der Waals surface area contributed by atoms with E-state index in [-0.39, 0.29) is 33.9 Å². The molecule has 0 spiro atoms. The van der Waals surface area contributed by atoms with Gasteiger partial charge in [-0.15, -0.1) is 10.2 Å². The smallest absolute Gasteiger partial charge is 0.409 e. The fourth-order valence-corrected chi connectivity index (χ4v) is 4.82. The molecule has 0 bridgehead atoms. The van der Waals surface area contributed by atoms with E-state index >= 15 is 0 Å². The van der Waals surface area contributed by atoms with Crippen LogP contribution in [-0.2, 0) is 0 Å². The van der Waals surface area contributed by atoms with Gasteiger partial charge in [0.2, 0.25) is 5.89 Å². The van der Waals surface area contributed by atoms with E-state index in [2.05, 4.69) is 25.4 Å². The summed E-state index contributed by atoms with van der Waals surface area (Å²) in [5.74, 6) is 0.367. The van der Waals surface area contributed by atoms with E-state index in [1.165, 1.54) is 18.3 Å². The number of alkyl halides is 2. The molecule has 3 aromatic heterocycles. The molecule has 1 atom stereocenters. The predicted molar refractivity (Wildman–Crippen MR) is 142 cm³/mol.